The molecule has 1 aromatic heterocycles. The molecule has 6 rings (SSSR count). The molecule has 14 heteroatoms. The van der Waals surface area contributed by atoms with Crippen LogP contribution in [0.15, 0.2) is 47.3 Å². The smallest absolute Gasteiger partial charge is 0.342 e. The topological polar surface area (TPSA) is 183 Å². The van der Waals surface area contributed by atoms with Gasteiger partial charge in [-0.15, -0.1) is 0 Å². The van der Waals surface area contributed by atoms with Crippen molar-refractivity contribution in [2.75, 3.05) is 34.4 Å². The summed E-state index contributed by atoms with van der Waals surface area (Å²) in [6.45, 7) is 6.95. The number of ketones is 1. The fourth-order valence-electron chi connectivity index (χ4n) is 9.08. The number of aromatic nitrogens is 1. The van der Waals surface area contributed by atoms with Crippen molar-refractivity contribution in [1.29, 1.82) is 0 Å². The molecule has 1 fully saturated rings. The van der Waals surface area contributed by atoms with Gasteiger partial charge in [-0.3, -0.25) is 19.2 Å². The molecule has 3 N–H and O–H groups in total. The van der Waals surface area contributed by atoms with E-state index in [-0.39, 0.29) is 75.4 Å². The van der Waals surface area contributed by atoms with Gasteiger partial charge in [-0.1, -0.05) is 38.5 Å². The first-order valence-corrected chi connectivity index (χ1v) is 21.3. The summed E-state index contributed by atoms with van der Waals surface area (Å²) in [6, 6.07) is 8.92. The lowest BCUT2D eigenvalue weighted by molar-refractivity contribution is -0.140. The van der Waals surface area contributed by atoms with E-state index >= 15 is 0 Å². The van der Waals surface area contributed by atoms with Crippen molar-refractivity contribution < 1.29 is 48.3 Å². The molecule has 61 heavy (non-hydrogen) atoms. The maximum absolute atomic E-state index is 14.5. The van der Waals surface area contributed by atoms with Crippen LogP contribution in [0.3, 0.4) is 0 Å². The number of cyclic esters (lactones) is 1. The van der Waals surface area contributed by atoms with Gasteiger partial charge in [0, 0.05) is 68.1 Å². The van der Waals surface area contributed by atoms with Gasteiger partial charge < -0.3 is 43.9 Å². The number of rotatable bonds is 11. The molecule has 4 heterocycles. The van der Waals surface area contributed by atoms with Crippen LogP contribution in [0, 0.1) is 11.8 Å². The molecule has 0 spiro atoms. The van der Waals surface area contributed by atoms with Gasteiger partial charge in [-0.25, -0.2) is 4.79 Å². The normalized spacial score (nSPS) is 21.3. The van der Waals surface area contributed by atoms with E-state index in [1.165, 1.54) is 27.4 Å². The van der Waals surface area contributed by atoms with Crippen LogP contribution in [-0.4, -0.2) is 89.8 Å². The van der Waals surface area contributed by atoms with Gasteiger partial charge in [0.1, 0.15) is 28.9 Å². The number of hydrogen-bond donors (Lipinski definition) is 3. The number of carbonyl (C=O) groups excluding carboxylic acids is 4. The molecule has 6 atom stereocenters. The number of nitrogens with one attached hydrogen (secondary N) is 1. The average molecular weight is 842 g/mol. The summed E-state index contributed by atoms with van der Waals surface area (Å²) in [7, 11) is 4.34. The second-order valence-corrected chi connectivity index (χ2v) is 16.7. The number of carbonyl (C=O) groups is 4. The van der Waals surface area contributed by atoms with Crippen LogP contribution < -0.4 is 25.1 Å². The van der Waals surface area contributed by atoms with E-state index in [2.05, 4.69) is 5.32 Å². The Balaban J connectivity index is 1.39. The van der Waals surface area contributed by atoms with Crippen LogP contribution in [0.2, 0.25) is 0 Å². The Morgan fingerprint density at radius 1 is 0.967 bits per heavy atom. The fraction of sp³-hybridized carbons (Fsp3) is 0.511. The first kappa shape index (κ1) is 44.8. The molecular weight excluding hydrogens is 783 g/mol. The Hall–Kier alpha value is -5.79. The lowest BCUT2D eigenvalue weighted by Gasteiger charge is -2.44. The number of methoxy groups -OCH3 is 3. The highest BCUT2D eigenvalue weighted by Gasteiger charge is 2.40. The molecule has 0 saturated carbocycles. The minimum absolute atomic E-state index is 0.0170. The number of fused-ring (bicyclic) bond motifs is 5. The fourth-order valence-corrected chi connectivity index (χ4v) is 9.08. The molecule has 3 aliphatic rings. The number of aromatic hydroxyl groups is 2. The predicted molar refractivity (Wildman–Crippen MR) is 228 cm³/mol. The third-order valence-corrected chi connectivity index (χ3v) is 12.5. The number of amides is 2. The van der Waals surface area contributed by atoms with Gasteiger partial charge in [-0.05, 0) is 86.3 Å². The van der Waals surface area contributed by atoms with Crippen molar-refractivity contribution in [2.45, 2.75) is 109 Å². The van der Waals surface area contributed by atoms with Crippen molar-refractivity contribution >= 4 is 29.6 Å². The predicted octanol–water partition coefficient (Wildman–Crippen LogP) is 6.47. The number of hydrogen-bond acceptors (Lipinski definition) is 11. The highest BCUT2D eigenvalue weighted by Crippen LogP contribution is 2.48. The van der Waals surface area contributed by atoms with Gasteiger partial charge in [0.05, 0.1) is 27.4 Å². The third kappa shape index (κ3) is 9.89. The van der Waals surface area contributed by atoms with Crippen molar-refractivity contribution in [3.63, 3.8) is 0 Å². The molecule has 2 amide bonds. The molecule has 2 aromatic carbocycles. The molecule has 3 aromatic rings. The number of pyridine rings is 1. The molecule has 3 aliphatic heterocycles. The molecule has 2 unspecified atom stereocenters. The van der Waals surface area contributed by atoms with Gasteiger partial charge >= 0.3 is 5.97 Å². The number of phenols is 2. The van der Waals surface area contributed by atoms with Crippen LogP contribution in [0.5, 0.6) is 28.7 Å². The molecule has 2 bridgehead atoms. The second-order valence-electron chi connectivity index (χ2n) is 16.7. The quantitative estimate of drug-likeness (QED) is 0.180. The maximum atomic E-state index is 14.5. The van der Waals surface area contributed by atoms with Crippen molar-refractivity contribution in [1.82, 2.24) is 14.8 Å². The highest BCUT2D eigenvalue weighted by molar-refractivity contribution is 5.98. The summed E-state index contributed by atoms with van der Waals surface area (Å²) in [5, 5.41) is 27.1. The van der Waals surface area contributed by atoms with Crippen molar-refractivity contribution in [2.24, 2.45) is 11.8 Å². The molecule has 14 nitrogen and oxygen atoms in total. The van der Waals surface area contributed by atoms with Gasteiger partial charge in [0.25, 0.3) is 5.56 Å². The van der Waals surface area contributed by atoms with Crippen LogP contribution in [-0.2, 0) is 25.7 Å². The Bertz CT molecular complexity index is 2190. The number of phenolic OH excluding ortho intramolecular Hbond substituents is 2. The SMILES string of the molecule is CCC(C)[C@H](NC(=O)CC(c1cc(OC)c(OC)c(OC)c1)c1c(O)cc2c(c1O)C(=O)O[C@@H](C)CCCC(=O)CCC/C=C/2)C(=O)N1C[C@H]2C[C@@H](C1)c1cccc(=O)n1C2. The lowest BCUT2D eigenvalue weighted by atomic mass is 9.82. The Labute approximate surface area is 356 Å². The summed E-state index contributed by atoms with van der Waals surface area (Å²) in [5.74, 6) is -2.95. The second kappa shape index (κ2) is 19.7. The van der Waals surface area contributed by atoms with E-state index in [1.807, 2.05) is 19.9 Å². The standard InChI is InChI=1S/C47H59N3O11/c1-7-27(2)43(46(56)49-24-29-19-32(26-49)35-17-12-18-40(54)50(35)25-29)48-39(53)23-34(31-21-37(58-4)45(60-6)38(22-31)59-5)42-36(52)20-30-14-9-8-10-15-33(51)16-11-13-28(3)61-47(57)41(30)44(42)55/h9,12,14,17-18,20-22,27-29,32,34,43,52,55H,7-8,10-11,13,15-16,19,23-26H2,1-6H3,(H,48,53)/b14-9+/t27?,28-,29+,32-,34?,43-/m0/s1. The average Bonchev–Trinajstić information content (AvgIpc) is 3.23. The van der Waals surface area contributed by atoms with Crippen LogP contribution in [0.1, 0.15) is 123 Å². The summed E-state index contributed by atoms with van der Waals surface area (Å²) < 4.78 is 24.5. The van der Waals surface area contributed by atoms with Gasteiger partial charge in [0.15, 0.2) is 11.5 Å². The molecule has 1 saturated heterocycles. The largest absolute Gasteiger partial charge is 0.507 e. The summed E-state index contributed by atoms with van der Waals surface area (Å²) >= 11 is 0. The number of ether oxygens (including phenoxy) is 4. The highest BCUT2D eigenvalue weighted by atomic mass is 16.5. The Morgan fingerprint density at radius 2 is 1.69 bits per heavy atom. The lowest BCUT2D eigenvalue weighted by Crippen LogP contribution is -2.56. The van der Waals surface area contributed by atoms with E-state index < -0.39 is 41.4 Å². The Kier molecular flexibility index (Phi) is 14.5. The zero-order valence-electron chi connectivity index (χ0n) is 36.0. The first-order valence-electron chi connectivity index (χ1n) is 21.3. The molecule has 0 radical (unpaired) electrons. The van der Waals surface area contributed by atoms with Crippen molar-refractivity contribution in [3.8, 4) is 28.7 Å². The summed E-state index contributed by atoms with van der Waals surface area (Å²) in [4.78, 5) is 69.8. The number of Topliss-reactive ketones (excluding diaryl/α,β-unsaturated/α-hetero) is 1. The zero-order chi connectivity index (χ0) is 44.0. The molecular formula is C47H59N3O11. The Morgan fingerprint density at radius 3 is 2.38 bits per heavy atom. The zero-order valence-corrected chi connectivity index (χ0v) is 36.0. The number of allylic oxidation sites excluding steroid dienone is 1. The van der Waals surface area contributed by atoms with E-state index in [0.29, 0.717) is 70.1 Å². The number of nitrogens with zero attached hydrogens (tertiary/aromatic N) is 2. The monoisotopic (exact) mass is 841 g/mol. The number of piperidine rings is 1. The maximum Gasteiger partial charge on any atom is 0.342 e. The number of likely N-dealkylation sites (tertiary alicyclic amines) is 1. The third-order valence-electron chi connectivity index (χ3n) is 12.5. The van der Waals surface area contributed by atoms with E-state index in [1.54, 1.807) is 52.8 Å². The van der Waals surface area contributed by atoms with Crippen LogP contribution in [0.4, 0.5) is 0 Å². The summed E-state index contributed by atoms with van der Waals surface area (Å²) in [6.07, 6.45) is 6.76. The molecule has 328 valence electrons. The van der Waals surface area contributed by atoms with E-state index in [9.17, 15) is 34.2 Å². The molecule has 0 aliphatic carbocycles. The van der Waals surface area contributed by atoms with Crippen LogP contribution >= 0.6 is 0 Å². The van der Waals surface area contributed by atoms with Gasteiger partial charge in [0.2, 0.25) is 17.6 Å². The minimum atomic E-state index is -1.12. The summed E-state index contributed by atoms with van der Waals surface area (Å²) in [5.41, 5.74) is 1.13. The number of esters is 1. The first-order chi connectivity index (χ1) is 29.3. The van der Waals surface area contributed by atoms with Crippen molar-refractivity contribution in [3.05, 3.63) is 80.8 Å². The van der Waals surface area contributed by atoms with Crippen LogP contribution in [0.25, 0.3) is 6.08 Å². The van der Waals surface area contributed by atoms with E-state index in [4.69, 9.17) is 18.9 Å². The number of benzene rings is 2. The van der Waals surface area contributed by atoms with Gasteiger partial charge in [-0.2, -0.15) is 0 Å². The minimum Gasteiger partial charge on any atom is -0.507 e. The van der Waals surface area contributed by atoms with E-state index in [0.717, 1.165) is 12.1 Å².